The molecule has 0 radical (unpaired) electrons. The van der Waals surface area contributed by atoms with Gasteiger partial charge in [-0.05, 0) is 30.3 Å². The lowest BCUT2D eigenvalue weighted by atomic mass is 10.2. The van der Waals surface area contributed by atoms with Crippen LogP contribution in [0.5, 0.6) is 0 Å². The molecular formula is C17H17N7OS. The normalized spacial score (nSPS) is 13.3. The van der Waals surface area contributed by atoms with Crippen LogP contribution < -0.4 is 16.0 Å². The van der Waals surface area contributed by atoms with E-state index in [1.165, 1.54) is 0 Å². The number of hydrogen-bond donors (Lipinski definition) is 3. The Bertz CT molecular complexity index is 928. The molecule has 4 N–H and O–H groups in total. The highest BCUT2D eigenvalue weighted by Gasteiger charge is 2.20. The van der Waals surface area contributed by atoms with E-state index >= 15 is 0 Å². The molecule has 3 aromatic rings. The Kier molecular flexibility index (Phi) is 4.44. The number of anilines is 3. The van der Waals surface area contributed by atoms with E-state index in [-0.39, 0.29) is 18.4 Å². The number of hydrogen-bond acceptors (Lipinski definition) is 7. The molecule has 0 spiro atoms. The van der Waals surface area contributed by atoms with E-state index in [1.54, 1.807) is 18.0 Å². The number of H-pyrrole nitrogens is 1. The van der Waals surface area contributed by atoms with E-state index in [4.69, 9.17) is 5.73 Å². The highest BCUT2D eigenvalue weighted by Crippen LogP contribution is 2.35. The number of nitrogens with two attached hydrogens (primary N) is 1. The third kappa shape index (κ3) is 3.47. The number of benzene rings is 1. The molecule has 0 atom stereocenters. The summed E-state index contributed by atoms with van der Waals surface area (Å²) in [5, 5.41) is 9.55. The van der Waals surface area contributed by atoms with Gasteiger partial charge in [-0.2, -0.15) is 4.98 Å². The SMILES string of the molecule is Nc1ccc2c(c1)SCCN2CC(=O)Nc1n[nH]c(-c2ccccn2)n1. The summed E-state index contributed by atoms with van der Waals surface area (Å²) in [6, 6.07) is 11.3. The lowest BCUT2D eigenvalue weighted by Crippen LogP contribution is -2.37. The first-order valence-electron chi connectivity index (χ1n) is 8.10. The minimum Gasteiger partial charge on any atom is -0.399 e. The number of aromatic nitrogens is 4. The minimum atomic E-state index is -0.175. The van der Waals surface area contributed by atoms with Crippen molar-refractivity contribution in [1.82, 2.24) is 20.2 Å². The Hall–Kier alpha value is -3.07. The zero-order chi connectivity index (χ0) is 17.9. The zero-order valence-corrected chi connectivity index (χ0v) is 14.7. The second kappa shape index (κ2) is 7.04. The molecule has 0 saturated heterocycles. The summed E-state index contributed by atoms with van der Waals surface area (Å²) < 4.78 is 0. The van der Waals surface area contributed by atoms with E-state index in [0.717, 1.165) is 28.6 Å². The summed E-state index contributed by atoms with van der Waals surface area (Å²) in [4.78, 5) is 24.0. The van der Waals surface area contributed by atoms with Crippen molar-refractivity contribution in [3.63, 3.8) is 0 Å². The molecule has 9 heteroatoms. The van der Waals surface area contributed by atoms with Gasteiger partial charge in [0.2, 0.25) is 11.9 Å². The van der Waals surface area contributed by atoms with Crippen LogP contribution in [0.2, 0.25) is 0 Å². The van der Waals surface area contributed by atoms with Gasteiger partial charge in [-0.1, -0.05) is 6.07 Å². The van der Waals surface area contributed by atoms with Crippen molar-refractivity contribution in [3.05, 3.63) is 42.6 Å². The van der Waals surface area contributed by atoms with Crippen molar-refractivity contribution in [3.8, 4) is 11.5 Å². The van der Waals surface area contributed by atoms with Crippen LogP contribution in [0.25, 0.3) is 11.5 Å². The van der Waals surface area contributed by atoms with Crippen molar-refractivity contribution in [2.45, 2.75) is 4.90 Å². The van der Waals surface area contributed by atoms with E-state index in [2.05, 4.69) is 25.5 Å². The number of thioether (sulfide) groups is 1. The molecule has 2 aromatic heterocycles. The van der Waals surface area contributed by atoms with Gasteiger partial charge in [0.15, 0.2) is 5.82 Å². The Labute approximate surface area is 154 Å². The standard InChI is InChI=1S/C17H17N7OS/c18-11-4-5-13-14(9-11)26-8-7-24(13)10-15(25)20-17-21-16(22-23-17)12-3-1-2-6-19-12/h1-6,9H,7-8,10,18H2,(H2,20,21,22,23,25). The van der Waals surface area contributed by atoms with Crippen LogP contribution >= 0.6 is 11.8 Å². The monoisotopic (exact) mass is 367 g/mol. The van der Waals surface area contributed by atoms with E-state index in [0.29, 0.717) is 11.5 Å². The number of amides is 1. The molecule has 0 fully saturated rings. The molecule has 3 heterocycles. The Morgan fingerprint density at radius 1 is 1.35 bits per heavy atom. The number of carbonyl (C=O) groups excluding carboxylic acids is 1. The maximum Gasteiger partial charge on any atom is 0.249 e. The molecule has 1 amide bonds. The fourth-order valence-electron chi connectivity index (χ4n) is 2.73. The number of nitrogens with one attached hydrogen (secondary N) is 2. The Morgan fingerprint density at radius 2 is 2.27 bits per heavy atom. The highest BCUT2D eigenvalue weighted by atomic mass is 32.2. The van der Waals surface area contributed by atoms with Crippen molar-refractivity contribution in [1.29, 1.82) is 0 Å². The number of carbonyl (C=O) groups is 1. The molecule has 0 saturated carbocycles. The fraction of sp³-hybridized carbons (Fsp3) is 0.176. The van der Waals surface area contributed by atoms with Crippen LogP contribution in [0.15, 0.2) is 47.5 Å². The summed E-state index contributed by atoms with van der Waals surface area (Å²) in [5.74, 6) is 1.48. The largest absolute Gasteiger partial charge is 0.399 e. The highest BCUT2D eigenvalue weighted by molar-refractivity contribution is 7.99. The van der Waals surface area contributed by atoms with E-state index in [9.17, 15) is 4.79 Å². The van der Waals surface area contributed by atoms with Crippen molar-refractivity contribution < 1.29 is 4.79 Å². The predicted molar refractivity (Wildman–Crippen MR) is 102 cm³/mol. The molecule has 4 rings (SSSR count). The smallest absolute Gasteiger partial charge is 0.249 e. The van der Waals surface area contributed by atoms with Gasteiger partial charge < -0.3 is 10.6 Å². The third-order valence-corrected chi connectivity index (χ3v) is 4.95. The average Bonchev–Trinajstić information content (AvgIpc) is 3.11. The molecule has 0 unspecified atom stereocenters. The summed E-state index contributed by atoms with van der Waals surface area (Å²) in [7, 11) is 0. The summed E-state index contributed by atoms with van der Waals surface area (Å²) in [5.41, 5.74) is 8.26. The first-order valence-corrected chi connectivity index (χ1v) is 9.08. The van der Waals surface area contributed by atoms with Crippen LogP contribution in [0.1, 0.15) is 0 Å². The minimum absolute atomic E-state index is 0.175. The van der Waals surface area contributed by atoms with Gasteiger partial charge in [0.1, 0.15) is 5.69 Å². The van der Waals surface area contributed by atoms with Crippen molar-refractivity contribution >= 4 is 35.0 Å². The number of fused-ring (bicyclic) bond motifs is 1. The number of nitrogens with zero attached hydrogens (tertiary/aromatic N) is 4. The quantitative estimate of drug-likeness (QED) is 0.605. The first kappa shape index (κ1) is 16.4. The van der Waals surface area contributed by atoms with Crippen LogP contribution in [-0.2, 0) is 4.79 Å². The van der Waals surface area contributed by atoms with Crippen LogP contribution in [0.3, 0.4) is 0 Å². The van der Waals surface area contributed by atoms with Gasteiger partial charge >= 0.3 is 0 Å². The number of pyridine rings is 1. The third-order valence-electron chi connectivity index (χ3n) is 3.92. The second-order valence-electron chi connectivity index (χ2n) is 5.77. The van der Waals surface area contributed by atoms with Crippen LogP contribution in [-0.4, -0.2) is 44.9 Å². The molecule has 0 bridgehead atoms. The molecule has 1 aliphatic heterocycles. The van der Waals surface area contributed by atoms with E-state index < -0.39 is 0 Å². The number of nitrogen functional groups attached to an aromatic ring is 1. The van der Waals surface area contributed by atoms with Gasteiger partial charge in [0, 0.05) is 29.1 Å². The molecule has 1 aromatic carbocycles. The summed E-state index contributed by atoms with van der Waals surface area (Å²) >= 11 is 1.75. The summed E-state index contributed by atoms with van der Waals surface area (Å²) in [6.45, 7) is 1.02. The Balaban J connectivity index is 1.43. The van der Waals surface area contributed by atoms with E-state index in [1.807, 2.05) is 41.3 Å². The van der Waals surface area contributed by atoms with Crippen LogP contribution in [0.4, 0.5) is 17.3 Å². The zero-order valence-electron chi connectivity index (χ0n) is 13.8. The van der Waals surface area contributed by atoms with Gasteiger partial charge in [0.05, 0.1) is 12.2 Å². The van der Waals surface area contributed by atoms with Crippen molar-refractivity contribution in [2.24, 2.45) is 0 Å². The summed E-state index contributed by atoms with van der Waals surface area (Å²) in [6.07, 6.45) is 1.68. The van der Waals surface area contributed by atoms with Gasteiger partial charge in [-0.15, -0.1) is 16.9 Å². The van der Waals surface area contributed by atoms with Gasteiger partial charge in [-0.25, -0.2) is 0 Å². The lowest BCUT2D eigenvalue weighted by Gasteiger charge is -2.30. The maximum atomic E-state index is 12.4. The maximum absolute atomic E-state index is 12.4. The Morgan fingerprint density at radius 3 is 3.12 bits per heavy atom. The second-order valence-corrected chi connectivity index (χ2v) is 6.90. The molecule has 132 valence electrons. The average molecular weight is 367 g/mol. The number of rotatable bonds is 4. The molecule has 26 heavy (non-hydrogen) atoms. The van der Waals surface area contributed by atoms with Gasteiger partial charge in [-0.3, -0.25) is 20.2 Å². The molecular weight excluding hydrogens is 350 g/mol. The molecule has 0 aliphatic carbocycles. The molecule has 1 aliphatic rings. The van der Waals surface area contributed by atoms with Gasteiger partial charge in [0.25, 0.3) is 0 Å². The number of aromatic amines is 1. The van der Waals surface area contributed by atoms with Crippen molar-refractivity contribution in [2.75, 3.05) is 34.8 Å². The fourth-order valence-corrected chi connectivity index (χ4v) is 3.83. The first-order chi connectivity index (χ1) is 12.7. The van der Waals surface area contributed by atoms with Crippen LogP contribution in [0, 0.1) is 0 Å². The predicted octanol–water partition coefficient (Wildman–Crippen LogP) is 2.00. The topological polar surface area (TPSA) is 113 Å². The molecule has 8 nitrogen and oxygen atoms in total. The lowest BCUT2D eigenvalue weighted by molar-refractivity contribution is -0.115.